The van der Waals surface area contributed by atoms with E-state index in [2.05, 4.69) is 17.1 Å². The summed E-state index contributed by atoms with van der Waals surface area (Å²) in [5.74, 6) is -0.131. The number of sulfonamides is 1. The number of anilines is 1. The van der Waals surface area contributed by atoms with Crippen LogP contribution < -0.4 is 20.0 Å². The summed E-state index contributed by atoms with van der Waals surface area (Å²) in [4.78, 5) is 26.6. The maximum absolute atomic E-state index is 13.8. The zero-order chi connectivity index (χ0) is 28.7. The van der Waals surface area contributed by atoms with Crippen molar-refractivity contribution in [1.82, 2.24) is 14.8 Å². The Labute approximate surface area is 232 Å². The molecule has 0 saturated carbocycles. The Hall–Kier alpha value is -4.90. The van der Waals surface area contributed by atoms with Crippen LogP contribution in [0.4, 0.5) is 5.69 Å². The van der Waals surface area contributed by atoms with Crippen LogP contribution in [0.3, 0.4) is 0 Å². The number of ether oxygens (including phenoxy) is 1. The molecule has 0 atom stereocenters. The van der Waals surface area contributed by atoms with Gasteiger partial charge in [0.05, 0.1) is 22.5 Å². The number of carbonyl (C=O) groups is 1. The third kappa shape index (κ3) is 6.05. The molecule has 1 aromatic heterocycles. The van der Waals surface area contributed by atoms with E-state index >= 15 is 0 Å². The van der Waals surface area contributed by atoms with Crippen molar-refractivity contribution in [2.75, 3.05) is 17.5 Å². The summed E-state index contributed by atoms with van der Waals surface area (Å²) in [6.07, 6.45) is 3.03. The SMILES string of the molecule is C=CCOc1cccc(/C=N\NC(=O)CN(c2c(C)n(C)n(-c3ccccc3)c2=O)S(=O)(=O)c2ccccc2)c1. The molecule has 0 spiro atoms. The molecular formula is C29H29N5O5S. The minimum atomic E-state index is -4.30. The summed E-state index contributed by atoms with van der Waals surface area (Å²) in [6.45, 7) is 4.91. The average Bonchev–Trinajstić information content (AvgIpc) is 3.18. The summed E-state index contributed by atoms with van der Waals surface area (Å²) in [5, 5.41) is 3.97. The molecule has 11 heteroatoms. The van der Waals surface area contributed by atoms with Crippen molar-refractivity contribution in [3.63, 3.8) is 0 Å². The number of nitrogens with one attached hydrogen (secondary N) is 1. The van der Waals surface area contributed by atoms with Gasteiger partial charge in [-0.25, -0.2) is 22.8 Å². The van der Waals surface area contributed by atoms with Crippen LogP contribution in [-0.4, -0.2) is 43.1 Å². The van der Waals surface area contributed by atoms with E-state index in [9.17, 15) is 18.0 Å². The topological polar surface area (TPSA) is 115 Å². The molecule has 10 nitrogen and oxygen atoms in total. The highest BCUT2D eigenvalue weighted by Crippen LogP contribution is 2.25. The molecule has 1 N–H and O–H groups in total. The fourth-order valence-electron chi connectivity index (χ4n) is 4.03. The lowest BCUT2D eigenvalue weighted by Crippen LogP contribution is -2.42. The third-order valence-electron chi connectivity index (χ3n) is 6.02. The molecule has 4 aromatic rings. The summed E-state index contributed by atoms with van der Waals surface area (Å²) < 4.78 is 36.8. The molecule has 0 bridgehead atoms. The Bertz CT molecular complexity index is 1690. The van der Waals surface area contributed by atoms with Gasteiger partial charge in [0.25, 0.3) is 21.5 Å². The molecule has 1 heterocycles. The predicted molar refractivity (Wildman–Crippen MR) is 155 cm³/mol. The lowest BCUT2D eigenvalue weighted by Gasteiger charge is -2.22. The van der Waals surface area contributed by atoms with Gasteiger partial charge >= 0.3 is 0 Å². The zero-order valence-corrected chi connectivity index (χ0v) is 22.9. The number of hydrazone groups is 1. The van der Waals surface area contributed by atoms with Crippen LogP contribution in [0.15, 0.2) is 112 Å². The number of nitrogens with zero attached hydrogens (tertiary/aromatic N) is 4. The molecule has 40 heavy (non-hydrogen) atoms. The highest BCUT2D eigenvalue weighted by molar-refractivity contribution is 7.92. The first-order valence-corrected chi connectivity index (χ1v) is 13.8. The molecule has 0 aliphatic carbocycles. The first-order chi connectivity index (χ1) is 19.2. The molecular weight excluding hydrogens is 530 g/mol. The van der Waals surface area contributed by atoms with Crippen molar-refractivity contribution in [2.24, 2.45) is 12.1 Å². The first-order valence-electron chi connectivity index (χ1n) is 12.3. The maximum Gasteiger partial charge on any atom is 0.296 e. The van der Waals surface area contributed by atoms with Gasteiger partial charge in [-0.1, -0.05) is 61.2 Å². The second-order valence-corrected chi connectivity index (χ2v) is 10.6. The van der Waals surface area contributed by atoms with Gasteiger partial charge in [0.1, 0.15) is 24.6 Å². The third-order valence-corrected chi connectivity index (χ3v) is 7.78. The van der Waals surface area contributed by atoms with Crippen molar-refractivity contribution in [2.45, 2.75) is 11.8 Å². The van der Waals surface area contributed by atoms with E-state index in [0.29, 0.717) is 29.3 Å². The van der Waals surface area contributed by atoms with E-state index in [0.717, 1.165) is 4.31 Å². The highest BCUT2D eigenvalue weighted by Gasteiger charge is 2.33. The molecule has 3 aromatic carbocycles. The van der Waals surface area contributed by atoms with Gasteiger partial charge in [0, 0.05) is 7.05 Å². The lowest BCUT2D eigenvalue weighted by atomic mass is 10.2. The minimum Gasteiger partial charge on any atom is -0.490 e. The molecule has 0 unspecified atom stereocenters. The Morgan fingerprint density at radius 3 is 2.40 bits per heavy atom. The summed E-state index contributed by atoms with van der Waals surface area (Å²) in [7, 11) is -2.65. The first kappa shape index (κ1) is 28.1. The molecule has 0 fully saturated rings. The van der Waals surface area contributed by atoms with Crippen LogP contribution in [0.1, 0.15) is 11.3 Å². The zero-order valence-electron chi connectivity index (χ0n) is 22.1. The van der Waals surface area contributed by atoms with E-state index in [-0.39, 0.29) is 10.6 Å². The molecule has 0 radical (unpaired) electrons. The number of hydrogen-bond donors (Lipinski definition) is 1. The highest BCUT2D eigenvalue weighted by atomic mass is 32.2. The van der Waals surface area contributed by atoms with Crippen LogP contribution in [0.5, 0.6) is 5.75 Å². The second kappa shape index (κ2) is 12.3. The van der Waals surface area contributed by atoms with Crippen molar-refractivity contribution in [3.8, 4) is 11.4 Å². The van der Waals surface area contributed by atoms with Gasteiger partial charge < -0.3 is 4.74 Å². The van der Waals surface area contributed by atoms with E-state index < -0.39 is 28.0 Å². The largest absolute Gasteiger partial charge is 0.490 e. The standard InChI is InChI=1S/C29H29N5O5S/c1-4-18-39-25-15-11-12-23(19-25)20-30-31-27(35)21-33(40(37,38)26-16-9-6-10-17-26)28-22(2)32(3)34(29(28)36)24-13-7-5-8-14-24/h4-17,19-20H,1,18,21H2,2-3H3,(H,31,35)/b30-20-. The summed E-state index contributed by atoms with van der Waals surface area (Å²) in [6, 6.07) is 23.5. The van der Waals surface area contributed by atoms with E-state index in [4.69, 9.17) is 4.74 Å². The average molecular weight is 560 g/mol. The van der Waals surface area contributed by atoms with E-state index in [1.165, 1.54) is 23.0 Å². The fourth-order valence-corrected chi connectivity index (χ4v) is 5.52. The Balaban J connectivity index is 1.67. The second-order valence-electron chi connectivity index (χ2n) is 8.70. The number of hydrogen-bond acceptors (Lipinski definition) is 6. The number of benzene rings is 3. The normalized spacial score (nSPS) is 11.3. The molecule has 0 aliphatic rings. The van der Waals surface area contributed by atoms with Crippen molar-refractivity contribution in [3.05, 3.63) is 119 Å². The number of para-hydroxylation sites is 1. The van der Waals surface area contributed by atoms with Gasteiger partial charge in [-0.15, -0.1) is 0 Å². The lowest BCUT2D eigenvalue weighted by molar-refractivity contribution is -0.119. The van der Waals surface area contributed by atoms with Crippen molar-refractivity contribution < 1.29 is 17.9 Å². The minimum absolute atomic E-state index is 0.0587. The monoisotopic (exact) mass is 559 g/mol. The number of rotatable bonds is 11. The van der Waals surface area contributed by atoms with Crippen LogP contribution in [0, 0.1) is 6.92 Å². The Kier molecular flexibility index (Phi) is 8.65. The molecule has 1 amide bonds. The molecule has 0 aliphatic heterocycles. The van der Waals surface area contributed by atoms with Gasteiger partial charge in [-0.05, 0) is 48.9 Å². The molecule has 206 valence electrons. The maximum atomic E-state index is 13.8. The predicted octanol–water partition coefficient (Wildman–Crippen LogP) is 3.39. The van der Waals surface area contributed by atoms with Crippen LogP contribution >= 0.6 is 0 Å². The quantitative estimate of drug-likeness (QED) is 0.172. The van der Waals surface area contributed by atoms with Gasteiger partial charge in [0.2, 0.25) is 0 Å². The van der Waals surface area contributed by atoms with Crippen LogP contribution in [0.25, 0.3) is 5.69 Å². The number of carbonyl (C=O) groups excluding carboxylic acids is 1. The van der Waals surface area contributed by atoms with E-state index in [1.807, 2.05) is 6.07 Å². The summed E-state index contributed by atoms with van der Waals surface area (Å²) >= 11 is 0. The smallest absolute Gasteiger partial charge is 0.296 e. The van der Waals surface area contributed by atoms with Gasteiger partial charge in [0.15, 0.2) is 0 Å². The Morgan fingerprint density at radius 2 is 1.73 bits per heavy atom. The fraction of sp³-hybridized carbons (Fsp3) is 0.138. The van der Waals surface area contributed by atoms with Crippen LogP contribution in [-0.2, 0) is 21.9 Å². The Morgan fingerprint density at radius 1 is 1.05 bits per heavy atom. The summed E-state index contributed by atoms with van der Waals surface area (Å²) in [5.41, 5.74) is 3.20. The molecule has 4 rings (SSSR count). The van der Waals surface area contributed by atoms with Crippen molar-refractivity contribution in [1.29, 1.82) is 0 Å². The van der Waals surface area contributed by atoms with Gasteiger partial charge in [-0.3, -0.25) is 14.3 Å². The number of aromatic nitrogens is 2. The number of amides is 1. The van der Waals surface area contributed by atoms with E-state index in [1.54, 1.807) is 91.5 Å². The molecule has 0 saturated heterocycles. The van der Waals surface area contributed by atoms with Crippen molar-refractivity contribution >= 4 is 27.8 Å². The van der Waals surface area contributed by atoms with Gasteiger partial charge in [-0.2, -0.15) is 5.10 Å². The van der Waals surface area contributed by atoms with Crippen LogP contribution in [0.2, 0.25) is 0 Å².